The Morgan fingerprint density at radius 3 is 2.64 bits per heavy atom. The predicted molar refractivity (Wildman–Crippen MR) is 59.3 cm³/mol. The maximum atomic E-state index is 8.81. The van der Waals surface area contributed by atoms with Gasteiger partial charge in [-0.15, -0.1) is 12.4 Å². The van der Waals surface area contributed by atoms with Gasteiger partial charge < -0.3 is 15.6 Å². The summed E-state index contributed by atoms with van der Waals surface area (Å²) in [7, 11) is 1.55. The van der Waals surface area contributed by atoms with Gasteiger partial charge in [0.2, 0.25) is 0 Å². The zero-order chi connectivity index (χ0) is 9.84. The van der Waals surface area contributed by atoms with E-state index in [1.807, 2.05) is 0 Å². The molecule has 1 aromatic rings. The van der Waals surface area contributed by atoms with E-state index in [0.717, 1.165) is 5.56 Å². The van der Waals surface area contributed by atoms with Crippen molar-refractivity contribution < 1.29 is 9.84 Å². The molecule has 0 aromatic heterocycles. The van der Waals surface area contributed by atoms with Gasteiger partial charge in [-0.1, -0.05) is 17.7 Å². The summed E-state index contributed by atoms with van der Waals surface area (Å²) in [6.45, 7) is -0.0946. The van der Waals surface area contributed by atoms with Gasteiger partial charge in [-0.05, 0) is 17.7 Å². The fourth-order valence-electron chi connectivity index (χ4n) is 1.02. The summed E-state index contributed by atoms with van der Waals surface area (Å²) in [5.41, 5.74) is 6.40. The molecule has 3 nitrogen and oxygen atoms in total. The minimum Gasteiger partial charge on any atom is -0.495 e. The number of hydrogen-bond acceptors (Lipinski definition) is 3. The van der Waals surface area contributed by atoms with Crippen LogP contribution in [-0.2, 0) is 0 Å². The Balaban J connectivity index is 0.00000169. The van der Waals surface area contributed by atoms with Gasteiger partial charge in [-0.2, -0.15) is 0 Å². The second-order valence-corrected chi connectivity index (χ2v) is 3.09. The lowest BCUT2D eigenvalue weighted by molar-refractivity contribution is 0.268. The molecule has 0 amide bonds. The number of nitrogens with two attached hydrogens (primary N) is 1. The lowest BCUT2D eigenvalue weighted by Gasteiger charge is -2.10. The molecule has 0 heterocycles. The van der Waals surface area contributed by atoms with E-state index in [1.54, 1.807) is 25.3 Å². The minimum atomic E-state index is -0.386. The summed E-state index contributed by atoms with van der Waals surface area (Å²) >= 11 is 5.87. The first-order chi connectivity index (χ1) is 6.19. The number of ether oxygens (including phenoxy) is 1. The van der Waals surface area contributed by atoms with Crippen LogP contribution in [0, 0.1) is 0 Å². The second kappa shape index (κ2) is 6.09. The molecule has 0 radical (unpaired) electrons. The molecule has 1 rings (SSSR count). The number of benzene rings is 1. The summed E-state index contributed by atoms with van der Waals surface area (Å²) in [6, 6.07) is 4.82. The van der Waals surface area contributed by atoms with Gasteiger partial charge in [0, 0.05) is 0 Å². The predicted octanol–water partition coefficient (Wildman–Crippen LogP) is 1.76. The first-order valence-electron chi connectivity index (χ1n) is 3.89. The smallest absolute Gasteiger partial charge is 0.137 e. The largest absolute Gasteiger partial charge is 0.495 e. The van der Waals surface area contributed by atoms with Gasteiger partial charge in [0.1, 0.15) is 5.75 Å². The summed E-state index contributed by atoms with van der Waals surface area (Å²) in [6.07, 6.45) is 0. The number of methoxy groups -OCH3 is 1. The molecule has 0 saturated heterocycles. The van der Waals surface area contributed by atoms with E-state index < -0.39 is 0 Å². The number of halogens is 2. The van der Waals surface area contributed by atoms with Crippen LogP contribution in [-0.4, -0.2) is 18.8 Å². The first-order valence-corrected chi connectivity index (χ1v) is 4.26. The van der Waals surface area contributed by atoms with Crippen molar-refractivity contribution in [3.63, 3.8) is 0 Å². The maximum Gasteiger partial charge on any atom is 0.137 e. The SMILES string of the molecule is COc1ccc(C(N)CO)cc1Cl.Cl. The Hall–Kier alpha value is -0.480. The Morgan fingerprint density at radius 2 is 2.21 bits per heavy atom. The molecule has 14 heavy (non-hydrogen) atoms. The molecule has 0 aliphatic heterocycles. The number of aliphatic hydroxyl groups excluding tert-OH is 1. The first kappa shape index (κ1) is 13.5. The average molecular weight is 238 g/mol. The van der Waals surface area contributed by atoms with Crippen molar-refractivity contribution in [2.75, 3.05) is 13.7 Å². The number of aliphatic hydroxyl groups is 1. The Labute approximate surface area is 94.2 Å². The average Bonchev–Trinajstić information content (AvgIpc) is 2.16. The Bertz CT molecular complexity index is 294. The summed E-state index contributed by atoms with van der Waals surface area (Å²) in [5, 5.41) is 9.31. The van der Waals surface area contributed by atoms with Crippen LogP contribution in [0.25, 0.3) is 0 Å². The summed E-state index contributed by atoms with van der Waals surface area (Å²) < 4.78 is 4.98. The van der Waals surface area contributed by atoms with Crippen molar-refractivity contribution in [1.82, 2.24) is 0 Å². The van der Waals surface area contributed by atoms with Crippen LogP contribution < -0.4 is 10.5 Å². The molecule has 1 unspecified atom stereocenters. The van der Waals surface area contributed by atoms with Gasteiger partial charge in [0.05, 0.1) is 24.8 Å². The van der Waals surface area contributed by atoms with E-state index in [1.165, 1.54) is 0 Å². The highest BCUT2D eigenvalue weighted by molar-refractivity contribution is 6.32. The van der Waals surface area contributed by atoms with E-state index in [2.05, 4.69) is 0 Å². The monoisotopic (exact) mass is 237 g/mol. The van der Waals surface area contributed by atoms with Crippen molar-refractivity contribution in [2.45, 2.75) is 6.04 Å². The van der Waals surface area contributed by atoms with Gasteiger partial charge in [-0.3, -0.25) is 0 Å². The van der Waals surface area contributed by atoms with Gasteiger partial charge in [0.25, 0.3) is 0 Å². The highest BCUT2D eigenvalue weighted by Crippen LogP contribution is 2.26. The van der Waals surface area contributed by atoms with Crippen molar-refractivity contribution >= 4 is 24.0 Å². The summed E-state index contributed by atoms with van der Waals surface area (Å²) in [4.78, 5) is 0. The molecule has 1 atom stereocenters. The van der Waals surface area contributed by atoms with Crippen LogP contribution in [0.4, 0.5) is 0 Å². The summed E-state index contributed by atoms with van der Waals surface area (Å²) in [5.74, 6) is 0.607. The van der Waals surface area contributed by atoms with E-state index in [4.69, 9.17) is 27.2 Å². The van der Waals surface area contributed by atoms with Crippen molar-refractivity contribution in [3.8, 4) is 5.75 Å². The molecule has 0 saturated carbocycles. The van der Waals surface area contributed by atoms with Crippen LogP contribution in [0.5, 0.6) is 5.75 Å². The molecule has 0 bridgehead atoms. The van der Waals surface area contributed by atoms with Gasteiger partial charge in [0.15, 0.2) is 0 Å². The molecular formula is C9H13Cl2NO2. The second-order valence-electron chi connectivity index (χ2n) is 2.68. The van der Waals surface area contributed by atoms with Crippen LogP contribution >= 0.6 is 24.0 Å². The van der Waals surface area contributed by atoms with Crippen molar-refractivity contribution in [3.05, 3.63) is 28.8 Å². The van der Waals surface area contributed by atoms with Crippen LogP contribution in [0.1, 0.15) is 11.6 Å². The lowest BCUT2D eigenvalue weighted by atomic mass is 10.1. The molecular weight excluding hydrogens is 225 g/mol. The van der Waals surface area contributed by atoms with Crippen molar-refractivity contribution in [1.29, 1.82) is 0 Å². The molecule has 0 aliphatic carbocycles. The quantitative estimate of drug-likeness (QED) is 0.843. The lowest BCUT2D eigenvalue weighted by Crippen LogP contribution is -2.14. The third kappa shape index (κ3) is 3.03. The molecule has 0 spiro atoms. The third-order valence-electron chi connectivity index (χ3n) is 1.80. The molecule has 5 heteroatoms. The molecule has 3 N–H and O–H groups in total. The Morgan fingerprint density at radius 1 is 1.57 bits per heavy atom. The highest BCUT2D eigenvalue weighted by atomic mass is 35.5. The van der Waals surface area contributed by atoms with Crippen LogP contribution in [0.15, 0.2) is 18.2 Å². The molecule has 80 valence electrons. The fraction of sp³-hybridized carbons (Fsp3) is 0.333. The normalized spacial score (nSPS) is 11.7. The maximum absolute atomic E-state index is 8.81. The molecule has 0 aliphatic rings. The van der Waals surface area contributed by atoms with Gasteiger partial charge >= 0.3 is 0 Å². The molecule has 1 aromatic carbocycles. The number of rotatable bonds is 3. The zero-order valence-electron chi connectivity index (χ0n) is 7.74. The Kier molecular flexibility index (Phi) is 5.88. The van der Waals surface area contributed by atoms with Crippen molar-refractivity contribution in [2.24, 2.45) is 5.73 Å². The topological polar surface area (TPSA) is 55.5 Å². The minimum absolute atomic E-state index is 0. The highest BCUT2D eigenvalue weighted by Gasteiger charge is 2.07. The van der Waals surface area contributed by atoms with E-state index >= 15 is 0 Å². The van der Waals surface area contributed by atoms with E-state index in [9.17, 15) is 0 Å². The third-order valence-corrected chi connectivity index (χ3v) is 2.10. The van der Waals surface area contributed by atoms with Crippen LogP contribution in [0.2, 0.25) is 5.02 Å². The zero-order valence-corrected chi connectivity index (χ0v) is 9.31. The fourth-order valence-corrected chi connectivity index (χ4v) is 1.28. The van der Waals surface area contributed by atoms with Crippen LogP contribution in [0.3, 0.4) is 0 Å². The number of hydrogen-bond donors (Lipinski definition) is 2. The van der Waals surface area contributed by atoms with E-state index in [0.29, 0.717) is 10.8 Å². The molecule has 0 fully saturated rings. The van der Waals surface area contributed by atoms with Gasteiger partial charge in [-0.25, -0.2) is 0 Å². The standard InChI is InChI=1S/C9H12ClNO2.ClH/c1-13-9-3-2-6(4-7(9)10)8(11)5-12;/h2-4,8,12H,5,11H2,1H3;1H. The van der Waals surface area contributed by atoms with E-state index in [-0.39, 0.29) is 25.1 Å².